The van der Waals surface area contributed by atoms with Gasteiger partial charge in [-0.25, -0.2) is 0 Å². The third-order valence-electron chi connectivity index (χ3n) is 1.74. The molecule has 1 rings (SSSR count). The Bertz CT molecular complexity index is 287. The van der Waals surface area contributed by atoms with Gasteiger partial charge in [0, 0.05) is 0 Å². The minimum Gasteiger partial charge on any atom is -0.388 e. The molecule has 4 atom stereocenters. The van der Waals surface area contributed by atoms with Gasteiger partial charge >= 0.3 is 0 Å². The van der Waals surface area contributed by atoms with Crippen LogP contribution < -0.4 is 0 Å². The molecule has 1 aliphatic rings. The minimum absolute atomic E-state index is 0.272. The minimum atomic E-state index is -3.82. The number of hydrogen-bond acceptors (Lipinski definition) is 7. The molecule has 0 bridgehead atoms. The molecule has 0 aromatic heterocycles. The first kappa shape index (κ1) is 11.8. The topological polar surface area (TPSA) is 113 Å². The van der Waals surface area contributed by atoms with Gasteiger partial charge in [-0.3, -0.25) is 4.18 Å². The lowest BCUT2D eigenvalue weighted by Gasteiger charge is -2.34. The summed E-state index contributed by atoms with van der Waals surface area (Å²) < 4.78 is 30.4. The van der Waals surface area contributed by atoms with Gasteiger partial charge < -0.3 is 20.1 Å². The van der Waals surface area contributed by atoms with Crippen LogP contribution in [0.4, 0.5) is 0 Å². The fourth-order valence-corrected chi connectivity index (χ4v) is 1.70. The highest BCUT2D eigenvalue weighted by atomic mass is 32.2. The van der Waals surface area contributed by atoms with Gasteiger partial charge in [-0.1, -0.05) is 0 Å². The molecule has 1 fully saturated rings. The van der Waals surface area contributed by atoms with Crippen LogP contribution in [0.15, 0.2) is 0 Å². The van der Waals surface area contributed by atoms with Crippen LogP contribution in [-0.4, -0.2) is 61.2 Å². The van der Waals surface area contributed by atoms with E-state index in [-0.39, 0.29) is 6.61 Å². The van der Waals surface area contributed by atoms with Crippen LogP contribution in [0.3, 0.4) is 0 Å². The molecular weight excluding hydrogens is 216 g/mol. The Labute approximate surface area is 81.0 Å². The number of hydrogen-bond donors (Lipinski definition) is 3. The second-order valence-corrected chi connectivity index (χ2v) is 4.65. The lowest BCUT2D eigenvalue weighted by molar-refractivity contribution is -0.243. The van der Waals surface area contributed by atoms with Gasteiger partial charge in [-0.2, -0.15) is 8.42 Å². The van der Waals surface area contributed by atoms with E-state index in [9.17, 15) is 13.5 Å². The summed E-state index contributed by atoms with van der Waals surface area (Å²) in [5, 5.41) is 27.5. The molecule has 0 radical (unpaired) electrons. The van der Waals surface area contributed by atoms with Gasteiger partial charge in [-0.05, 0) is 0 Å². The molecule has 7 nitrogen and oxygen atoms in total. The lowest BCUT2D eigenvalue weighted by Crippen LogP contribution is -2.54. The summed E-state index contributed by atoms with van der Waals surface area (Å²) in [4.78, 5) is 0. The molecule has 0 amide bonds. The van der Waals surface area contributed by atoms with Crippen LogP contribution in [0.1, 0.15) is 0 Å². The van der Waals surface area contributed by atoms with E-state index in [0.29, 0.717) is 0 Å². The van der Waals surface area contributed by atoms with Crippen molar-refractivity contribution in [2.75, 3.05) is 12.9 Å². The normalized spacial score (nSPS) is 39.7. The maximum Gasteiger partial charge on any atom is 0.264 e. The number of aliphatic hydroxyl groups is 3. The van der Waals surface area contributed by atoms with E-state index in [1.165, 1.54) is 0 Å². The van der Waals surface area contributed by atoms with Crippen molar-refractivity contribution in [2.24, 2.45) is 0 Å². The Balaban J connectivity index is 2.73. The summed E-state index contributed by atoms with van der Waals surface area (Å²) in [6.45, 7) is -0.272. The summed E-state index contributed by atoms with van der Waals surface area (Å²) in [5.74, 6) is 0. The predicted molar refractivity (Wildman–Crippen MR) is 43.7 cm³/mol. The Morgan fingerprint density at radius 3 is 2.43 bits per heavy atom. The molecule has 0 spiro atoms. The van der Waals surface area contributed by atoms with Crippen molar-refractivity contribution < 1.29 is 32.7 Å². The fourth-order valence-electron chi connectivity index (χ4n) is 1.08. The highest BCUT2D eigenvalue weighted by molar-refractivity contribution is 7.86. The predicted octanol–water partition coefficient (Wildman–Crippen LogP) is -2.60. The Hall–Kier alpha value is -0.250. The van der Waals surface area contributed by atoms with Crippen LogP contribution >= 0.6 is 0 Å². The van der Waals surface area contributed by atoms with Gasteiger partial charge in [0.2, 0.25) is 0 Å². The van der Waals surface area contributed by atoms with Crippen molar-refractivity contribution in [3.8, 4) is 0 Å². The summed E-state index contributed by atoms with van der Waals surface area (Å²) in [6.07, 6.45) is -5.05. The van der Waals surface area contributed by atoms with E-state index >= 15 is 0 Å². The van der Waals surface area contributed by atoms with Gasteiger partial charge in [0.1, 0.15) is 12.2 Å². The average molecular weight is 228 g/mol. The first-order valence-corrected chi connectivity index (χ1v) is 5.67. The zero-order valence-electron chi connectivity index (χ0n) is 7.40. The summed E-state index contributed by atoms with van der Waals surface area (Å²) >= 11 is 0. The van der Waals surface area contributed by atoms with Crippen molar-refractivity contribution in [2.45, 2.75) is 24.6 Å². The van der Waals surface area contributed by atoms with E-state index < -0.39 is 34.7 Å². The van der Waals surface area contributed by atoms with Gasteiger partial charge in [0.25, 0.3) is 10.1 Å². The van der Waals surface area contributed by atoms with Gasteiger partial charge in [0.15, 0.2) is 12.4 Å². The van der Waals surface area contributed by atoms with Crippen molar-refractivity contribution in [3.05, 3.63) is 0 Å². The standard InChI is InChI=1S/C6H12O7S/c1-14(10,11)13-5-4(8)3(7)2-12-6(5)9/h3-9H,2H2,1H3. The van der Waals surface area contributed by atoms with Crippen LogP contribution in [0.5, 0.6) is 0 Å². The molecule has 1 saturated heterocycles. The molecule has 14 heavy (non-hydrogen) atoms. The number of aliphatic hydroxyl groups excluding tert-OH is 3. The monoisotopic (exact) mass is 228 g/mol. The molecule has 0 aromatic rings. The second kappa shape index (κ2) is 4.09. The molecule has 84 valence electrons. The smallest absolute Gasteiger partial charge is 0.264 e. The number of ether oxygens (including phenoxy) is 1. The van der Waals surface area contributed by atoms with Crippen molar-refractivity contribution >= 4 is 10.1 Å². The third-order valence-corrected chi connectivity index (χ3v) is 2.31. The SMILES string of the molecule is CS(=O)(=O)OC1C(O)OCC(O)C1O. The van der Waals surface area contributed by atoms with Crippen LogP contribution in [-0.2, 0) is 19.0 Å². The maximum atomic E-state index is 10.7. The van der Waals surface area contributed by atoms with E-state index in [0.717, 1.165) is 6.26 Å². The molecule has 8 heteroatoms. The van der Waals surface area contributed by atoms with E-state index in [1.807, 2.05) is 0 Å². The molecule has 0 aromatic carbocycles. The van der Waals surface area contributed by atoms with Gasteiger partial charge in [-0.15, -0.1) is 0 Å². The largest absolute Gasteiger partial charge is 0.388 e. The quantitative estimate of drug-likeness (QED) is 0.444. The van der Waals surface area contributed by atoms with E-state index in [1.54, 1.807) is 0 Å². The lowest BCUT2D eigenvalue weighted by atomic mass is 10.1. The molecule has 1 heterocycles. The molecule has 3 N–H and O–H groups in total. The van der Waals surface area contributed by atoms with Crippen LogP contribution in [0.25, 0.3) is 0 Å². The zero-order valence-corrected chi connectivity index (χ0v) is 8.22. The summed E-state index contributed by atoms with van der Waals surface area (Å²) in [6, 6.07) is 0. The van der Waals surface area contributed by atoms with Crippen molar-refractivity contribution in [3.63, 3.8) is 0 Å². The van der Waals surface area contributed by atoms with Crippen molar-refractivity contribution in [1.29, 1.82) is 0 Å². The van der Waals surface area contributed by atoms with Crippen LogP contribution in [0, 0.1) is 0 Å². The number of rotatable bonds is 2. The average Bonchev–Trinajstić information content (AvgIpc) is 2.04. The molecule has 4 unspecified atom stereocenters. The Morgan fingerprint density at radius 2 is 1.93 bits per heavy atom. The van der Waals surface area contributed by atoms with Crippen LogP contribution in [0.2, 0.25) is 0 Å². The first-order chi connectivity index (χ1) is 6.31. The molecular formula is C6H12O7S. The first-order valence-electron chi connectivity index (χ1n) is 3.85. The molecule has 0 saturated carbocycles. The maximum absolute atomic E-state index is 10.7. The summed E-state index contributed by atoms with van der Waals surface area (Å²) in [5.41, 5.74) is 0. The fraction of sp³-hybridized carbons (Fsp3) is 1.00. The Kier molecular flexibility index (Phi) is 3.45. The third kappa shape index (κ3) is 2.87. The molecule has 1 aliphatic heterocycles. The Morgan fingerprint density at radius 1 is 1.36 bits per heavy atom. The van der Waals surface area contributed by atoms with Crippen molar-refractivity contribution in [1.82, 2.24) is 0 Å². The highest BCUT2D eigenvalue weighted by Crippen LogP contribution is 2.18. The summed E-state index contributed by atoms with van der Waals surface area (Å²) in [7, 11) is -3.82. The van der Waals surface area contributed by atoms with Gasteiger partial charge in [0.05, 0.1) is 12.9 Å². The van der Waals surface area contributed by atoms with E-state index in [4.69, 9.17) is 10.2 Å². The molecule has 0 aliphatic carbocycles. The zero-order chi connectivity index (χ0) is 10.9. The van der Waals surface area contributed by atoms with E-state index in [2.05, 4.69) is 8.92 Å². The highest BCUT2D eigenvalue weighted by Gasteiger charge is 2.40. The second-order valence-electron chi connectivity index (χ2n) is 3.05.